The SMILES string of the molecule is CCC.CCNCCN(C=O)CC1CCCCC1. The maximum Gasteiger partial charge on any atom is 0.209 e. The Morgan fingerprint density at radius 2 is 1.78 bits per heavy atom. The molecule has 1 N–H and O–H groups in total. The van der Waals surface area contributed by atoms with Crippen molar-refractivity contribution in [3.63, 3.8) is 0 Å². The lowest BCUT2D eigenvalue weighted by Gasteiger charge is -2.27. The van der Waals surface area contributed by atoms with Gasteiger partial charge in [-0.05, 0) is 25.3 Å². The van der Waals surface area contributed by atoms with E-state index in [1.165, 1.54) is 38.5 Å². The third-order valence-corrected chi connectivity index (χ3v) is 3.19. The van der Waals surface area contributed by atoms with Gasteiger partial charge < -0.3 is 10.2 Å². The highest BCUT2D eigenvalue weighted by atomic mass is 16.1. The summed E-state index contributed by atoms with van der Waals surface area (Å²) in [5, 5.41) is 3.25. The molecule has 108 valence electrons. The molecule has 1 aliphatic rings. The molecule has 0 saturated heterocycles. The molecule has 0 heterocycles. The predicted octanol–water partition coefficient (Wildman–Crippen LogP) is 3.05. The molecule has 1 saturated carbocycles. The van der Waals surface area contributed by atoms with Gasteiger partial charge in [0.1, 0.15) is 0 Å². The first-order valence-corrected chi connectivity index (χ1v) is 7.68. The summed E-state index contributed by atoms with van der Waals surface area (Å²) < 4.78 is 0. The number of carbonyl (C=O) groups excluding carboxylic acids is 1. The fraction of sp³-hybridized carbons (Fsp3) is 0.933. The van der Waals surface area contributed by atoms with E-state index in [1.54, 1.807) is 0 Å². The minimum atomic E-state index is 0.755. The Labute approximate surface area is 113 Å². The van der Waals surface area contributed by atoms with Crippen molar-refractivity contribution in [1.29, 1.82) is 0 Å². The lowest BCUT2D eigenvalue weighted by Crippen LogP contribution is -2.35. The summed E-state index contributed by atoms with van der Waals surface area (Å²) in [5.74, 6) is 0.755. The van der Waals surface area contributed by atoms with Crippen LogP contribution < -0.4 is 5.32 Å². The van der Waals surface area contributed by atoms with Gasteiger partial charge in [0.25, 0.3) is 0 Å². The molecule has 0 unspecified atom stereocenters. The fourth-order valence-corrected chi connectivity index (χ4v) is 2.29. The van der Waals surface area contributed by atoms with E-state index in [1.807, 2.05) is 4.90 Å². The second-order valence-corrected chi connectivity index (χ2v) is 5.17. The number of rotatable bonds is 7. The van der Waals surface area contributed by atoms with Gasteiger partial charge in [0.2, 0.25) is 6.41 Å². The van der Waals surface area contributed by atoms with Crippen molar-refractivity contribution in [3.05, 3.63) is 0 Å². The van der Waals surface area contributed by atoms with Crippen molar-refractivity contribution in [2.75, 3.05) is 26.2 Å². The van der Waals surface area contributed by atoms with Gasteiger partial charge in [-0.2, -0.15) is 0 Å². The maximum absolute atomic E-state index is 10.9. The standard InChI is InChI=1S/C12H24N2O.C3H8/c1-2-13-8-9-14(11-15)10-12-6-4-3-5-7-12;1-3-2/h11-13H,2-10H2,1H3;3H2,1-2H3. The lowest BCUT2D eigenvalue weighted by molar-refractivity contribution is -0.118. The predicted molar refractivity (Wildman–Crippen MR) is 78.7 cm³/mol. The quantitative estimate of drug-likeness (QED) is 0.561. The highest BCUT2D eigenvalue weighted by molar-refractivity contribution is 5.46. The van der Waals surface area contributed by atoms with E-state index in [-0.39, 0.29) is 0 Å². The number of nitrogens with one attached hydrogen (secondary N) is 1. The van der Waals surface area contributed by atoms with E-state index in [0.29, 0.717) is 0 Å². The number of amides is 1. The summed E-state index contributed by atoms with van der Waals surface area (Å²) in [6.45, 7) is 10.1. The molecule has 0 radical (unpaired) electrons. The van der Waals surface area contributed by atoms with E-state index in [4.69, 9.17) is 0 Å². The number of likely N-dealkylation sites (N-methyl/N-ethyl adjacent to an activating group) is 1. The second kappa shape index (κ2) is 12.9. The largest absolute Gasteiger partial charge is 0.344 e. The lowest BCUT2D eigenvalue weighted by atomic mass is 9.89. The number of hydrogen-bond donors (Lipinski definition) is 1. The van der Waals surface area contributed by atoms with Gasteiger partial charge in [-0.15, -0.1) is 0 Å². The Morgan fingerprint density at radius 3 is 2.28 bits per heavy atom. The second-order valence-electron chi connectivity index (χ2n) is 5.17. The Hall–Kier alpha value is -0.570. The van der Waals surface area contributed by atoms with Crippen molar-refractivity contribution < 1.29 is 4.79 Å². The Balaban J connectivity index is 0.000000873. The molecule has 1 amide bonds. The molecule has 0 aromatic rings. The van der Waals surface area contributed by atoms with Gasteiger partial charge in [0, 0.05) is 19.6 Å². The van der Waals surface area contributed by atoms with Crippen LogP contribution in [0, 0.1) is 5.92 Å². The normalized spacial score (nSPS) is 15.7. The van der Waals surface area contributed by atoms with Crippen molar-refractivity contribution in [3.8, 4) is 0 Å². The average Bonchev–Trinajstić information content (AvgIpc) is 2.40. The summed E-state index contributed by atoms with van der Waals surface area (Å²) >= 11 is 0. The van der Waals surface area contributed by atoms with Crippen molar-refractivity contribution in [2.45, 2.75) is 59.3 Å². The van der Waals surface area contributed by atoms with E-state index >= 15 is 0 Å². The summed E-state index contributed by atoms with van der Waals surface area (Å²) in [7, 11) is 0. The van der Waals surface area contributed by atoms with Crippen LogP contribution in [0.25, 0.3) is 0 Å². The van der Waals surface area contributed by atoms with Gasteiger partial charge in [0.05, 0.1) is 0 Å². The van der Waals surface area contributed by atoms with Gasteiger partial charge in [-0.3, -0.25) is 4.79 Å². The number of hydrogen-bond acceptors (Lipinski definition) is 2. The van der Waals surface area contributed by atoms with Gasteiger partial charge in [0.15, 0.2) is 0 Å². The van der Waals surface area contributed by atoms with Gasteiger partial charge >= 0.3 is 0 Å². The molecule has 3 nitrogen and oxygen atoms in total. The first-order chi connectivity index (χ1) is 8.78. The fourth-order valence-electron chi connectivity index (χ4n) is 2.29. The molecule has 0 spiro atoms. The summed E-state index contributed by atoms with van der Waals surface area (Å²) in [5.41, 5.74) is 0. The zero-order valence-electron chi connectivity index (χ0n) is 12.6. The Kier molecular flexibility index (Phi) is 12.5. The Morgan fingerprint density at radius 1 is 1.17 bits per heavy atom. The zero-order valence-corrected chi connectivity index (χ0v) is 12.6. The summed E-state index contributed by atoms with van der Waals surface area (Å²) in [6, 6.07) is 0. The minimum Gasteiger partial charge on any atom is -0.344 e. The van der Waals surface area contributed by atoms with Crippen LogP contribution in [0.4, 0.5) is 0 Å². The summed E-state index contributed by atoms with van der Waals surface area (Å²) in [6.07, 6.45) is 8.97. The zero-order chi connectivity index (χ0) is 13.6. The molecule has 18 heavy (non-hydrogen) atoms. The topological polar surface area (TPSA) is 32.3 Å². The number of nitrogens with zero attached hydrogens (tertiary/aromatic N) is 1. The van der Waals surface area contributed by atoms with E-state index in [9.17, 15) is 4.79 Å². The third kappa shape index (κ3) is 9.46. The molecule has 0 aliphatic heterocycles. The highest BCUT2D eigenvalue weighted by Crippen LogP contribution is 2.23. The molecule has 1 aliphatic carbocycles. The van der Waals surface area contributed by atoms with Crippen LogP contribution in [0.3, 0.4) is 0 Å². The molecule has 0 aromatic heterocycles. The molecular formula is C15H32N2O. The van der Waals surface area contributed by atoms with Crippen LogP contribution in [-0.4, -0.2) is 37.5 Å². The van der Waals surface area contributed by atoms with Crippen molar-refractivity contribution in [1.82, 2.24) is 10.2 Å². The minimum absolute atomic E-state index is 0.755. The van der Waals surface area contributed by atoms with Gasteiger partial charge in [-0.1, -0.05) is 46.5 Å². The van der Waals surface area contributed by atoms with Crippen LogP contribution in [0.2, 0.25) is 0 Å². The van der Waals surface area contributed by atoms with Crippen LogP contribution in [0.1, 0.15) is 59.3 Å². The molecule has 0 aromatic carbocycles. The molecular weight excluding hydrogens is 224 g/mol. The third-order valence-electron chi connectivity index (χ3n) is 3.19. The average molecular weight is 256 g/mol. The first kappa shape index (κ1) is 17.4. The molecule has 0 atom stereocenters. The first-order valence-electron chi connectivity index (χ1n) is 7.68. The van der Waals surface area contributed by atoms with E-state index in [2.05, 4.69) is 26.1 Å². The van der Waals surface area contributed by atoms with Crippen LogP contribution in [0.15, 0.2) is 0 Å². The molecule has 3 heteroatoms. The van der Waals surface area contributed by atoms with E-state index in [0.717, 1.165) is 38.5 Å². The van der Waals surface area contributed by atoms with Crippen LogP contribution in [-0.2, 0) is 4.79 Å². The van der Waals surface area contributed by atoms with E-state index < -0.39 is 0 Å². The number of carbonyl (C=O) groups is 1. The van der Waals surface area contributed by atoms with Crippen LogP contribution >= 0.6 is 0 Å². The van der Waals surface area contributed by atoms with Crippen LogP contribution in [0.5, 0.6) is 0 Å². The molecule has 1 fully saturated rings. The smallest absolute Gasteiger partial charge is 0.209 e. The van der Waals surface area contributed by atoms with Gasteiger partial charge in [-0.25, -0.2) is 0 Å². The molecule has 1 rings (SSSR count). The van der Waals surface area contributed by atoms with Crippen molar-refractivity contribution in [2.24, 2.45) is 5.92 Å². The Bertz CT molecular complexity index is 179. The summed E-state index contributed by atoms with van der Waals surface area (Å²) in [4.78, 5) is 12.8. The monoisotopic (exact) mass is 256 g/mol. The maximum atomic E-state index is 10.9. The van der Waals surface area contributed by atoms with Crippen molar-refractivity contribution >= 4 is 6.41 Å². The highest BCUT2D eigenvalue weighted by Gasteiger charge is 2.15. The molecule has 0 bridgehead atoms.